The molecule has 9 nitrogen and oxygen atoms in total. The van der Waals surface area contributed by atoms with Crippen LogP contribution in [0, 0.1) is 35.0 Å². The number of aryl methyl sites for hydroxylation is 1. The summed E-state index contributed by atoms with van der Waals surface area (Å²) in [5.74, 6) is -0.997. The normalized spacial score (nSPS) is 28.0. The number of methoxy groups -OCH3 is 1. The average molecular weight is 833 g/mol. The number of rotatable bonds is 16. The maximum Gasteiger partial charge on any atom is 0.331 e. The fourth-order valence-electron chi connectivity index (χ4n) is 9.89. The average Bonchev–Trinajstić information content (AvgIpc) is 3.19. The van der Waals surface area contributed by atoms with Crippen molar-refractivity contribution in [1.29, 1.82) is 0 Å². The number of carbonyl (C=O) groups excluding carboxylic acids is 2. The molecule has 3 aromatic carbocycles. The molecule has 0 heterocycles. The van der Waals surface area contributed by atoms with Gasteiger partial charge in [-0.25, -0.2) is 4.79 Å². The molecule has 316 valence electrons. The summed E-state index contributed by atoms with van der Waals surface area (Å²) in [6.45, 7) is 20.3. The molecule has 0 aliphatic heterocycles. The molecule has 0 saturated heterocycles. The first-order chi connectivity index (χ1) is 27.3. The van der Waals surface area contributed by atoms with Gasteiger partial charge in [-0.1, -0.05) is 126 Å². The fraction of sp³-hybridized carbons (Fsp3) is 0.532. The minimum absolute atomic E-state index is 0.00419. The topological polar surface area (TPSA) is 114 Å². The Hall–Kier alpha value is -3.45. The van der Waals surface area contributed by atoms with Gasteiger partial charge < -0.3 is 18.6 Å². The van der Waals surface area contributed by atoms with Crippen molar-refractivity contribution in [3.8, 4) is 0 Å². The van der Waals surface area contributed by atoms with Crippen LogP contribution in [-0.2, 0) is 42.5 Å². The molecule has 5 rings (SSSR count). The summed E-state index contributed by atoms with van der Waals surface area (Å²) in [5, 5.41) is 1.73. The van der Waals surface area contributed by atoms with Crippen LogP contribution in [0.2, 0.25) is 5.04 Å². The number of esters is 1. The van der Waals surface area contributed by atoms with Gasteiger partial charge in [0.15, 0.2) is 0 Å². The number of ether oxygens (including phenoxy) is 3. The number of hydrogen-bond acceptors (Lipinski definition) is 9. The molecule has 2 saturated carbocycles. The Morgan fingerprint density at radius 3 is 2.07 bits per heavy atom. The van der Waals surface area contributed by atoms with Gasteiger partial charge in [0.05, 0.1) is 23.0 Å². The summed E-state index contributed by atoms with van der Waals surface area (Å²) in [6, 6.07) is 26.8. The molecule has 0 amide bonds. The molecule has 2 aliphatic rings. The Kier molecular flexibility index (Phi) is 14.2. The maximum atomic E-state index is 15.5. The molecule has 3 aromatic rings. The summed E-state index contributed by atoms with van der Waals surface area (Å²) in [7, 11) is -5.52. The van der Waals surface area contributed by atoms with Crippen LogP contribution in [0.15, 0.2) is 102 Å². The monoisotopic (exact) mass is 832 g/mol. The lowest BCUT2D eigenvalue weighted by Gasteiger charge is -2.59. The third kappa shape index (κ3) is 8.72. The van der Waals surface area contributed by atoms with E-state index >= 15 is 4.79 Å². The second-order valence-corrected chi connectivity index (χ2v) is 23.9. The van der Waals surface area contributed by atoms with Crippen LogP contribution in [-0.4, -0.2) is 67.8 Å². The highest BCUT2D eigenvalue weighted by atomic mass is 32.2. The van der Waals surface area contributed by atoms with Gasteiger partial charge >= 0.3 is 5.97 Å². The smallest absolute Gasteiger partial charge is 0.331 e. The quantitative estimate of drug-likeness (QED) is 0.0352. The van der Waals surface area contributed by atoms with Crippen LogP contribution in [0.3, 0.4) is 0 Å². The molecule has 0 N–H and O–H groups in total. The Bertz CT molecular complexity index is 1940. The van der Waals surface area contributed by atoms with Gasteiger partial charge in [0.2, 0.25) is 0 Å². The Morgan fingerprint density at radius 1 is 0.948 bits per heavy atom. The zero-order valence-corrected chi connectivity index (χ0v) is 37.7. The molecule has 2 fully saturated rings. The lowest BCUT2D eigenvalue weighted by molar-refractivity contribution is -0.206. The molecular formula is C47H64O9SSi. The van der Waals surface area contributed by atoms with Gasteiger partial charge in [-0.05, 0) is 85.3 Å². The zero-order valence-electron chi connectivity index (χ0n) is 35.9. The van der Waals surface area contributed by atoms with Crippen molar-refractivity contribution in [2.75, 3.05) is 27.1 Å². The van der Waals surface area contributed by atoms with Crippen molar-refractivity contribution in [1.82, 2.24) is 0 Å². The van der Waals surface area contributed by atoms with Crippen molar-refractivity contribution < 1.29 is 40.8 Å². The minimum atomic E-state index is -4.00. The fourth-order valence-corrected chi connectivity index (χ4v) is 15.3. The van der Waals surface area contributed by atoms with Crippen LogP contribution in [0.25, 0.3) is 0 Å². The molecule has 2 bridgehead atoms. The number of Topliss-reactive ketones (excluding diaryl/α,β-unsaturated/α-hetero) is 1. The van der Waals surface area contributed by atoms with Crippen molar-refractivity contribution in [2.45, 2.75) is 110 Å². The SMILES string of the molecule is C=C[C@]1(C)C[C@@H](OC(=O)CO[Si](c2ccccc2)(c2ccccc2)C(C)(C)C)[C@@]2(C)C(=O)[C@](CCCOS(=O)(=O)c3ccc(C)cc3)(CCC2C)[C@@H](C)[C@@H]1OCOC. The molecule has 0 radical (unpaired) electrons. The van der Waals surface area contributed by atoms with Crippen molar-refractivity contribution in [3.63, 3.8) is 0 Å². The van der Waals surface area contributed by atoms with E-state index in [4.69, 9.17) is 22.8 Å². The van der Waals surface area contributed by atoms with E-state index in [1.54, 1.807) is 19.2 Å². The highest BCUT2D eigenvalue weighted by Gasteiger charge is 2.65. The van der Waals surface area contributed by atoms with E-state index in [0.29, 0.717) is 32.1 Å². The molecule has 0 aromatic heterocycles. The number of hydrogen-bond donors (Lipinski definition) is 0. The lowest BCUT2D eigenvalue weighted by Crippen LogP contribution is -2.67. The van der Waals surface area contributed by atoms with Gasteiger partial charge in [-0.3, -0.25) is 8.98 Å². The van der Waals surface area contributed by atoms with Crippen LogP contribution in [0.5, 0.6) is 0 Å². The van der Waals surface area contributed by atoms with Gasteiger partial charge in [-0.15, -0.1) is 6.58 Å². The highest BCUT2D eigenvalue weighted by molar-refractivity contribution is 7.86. The van der Waals surface area contributed by atoms with E-state index in [2.05, 4.69) is 58.5 Å². The summed E-state index contributed by atoms with van der Waals surface area (Å²) in [4.78, 5) is 30.0. The van der Waals surface area contributed by atoms with Crippen molar-refractivity contribution in [3.05, 3.63) is 103 Å². The third-order valence-electron chi connectivity index (χ3n) is 13.5. The molecule has 2 aliphatic carbocycles. The van der Waals surface area contributed by atoms with E-state index in [9.17, 15) is 13.2 Å². The van der Waals surface area contributed by atoms with E-state index in [-0.39, 0.29) is 47.6 Å². The van der Waals surface area contributed by atoms with Gasteiger partial charge in [0.25, 0.3) is 18.4 Å². The number of carbonyl (C=O) groups is 2. The Labute approximate surface area is 348 Å². The largest absolute Gasteiger partial charge is 0.460 e. The predicted molar refractivity (Wildman–Crippen MR) is 230 cm³/mol. The molecule has 11 heteroatoms. The van der Waals surface area contributed by atoms with Gasteiger partial charge in [-0.2, -0.15) is 8.42 Å². The first-order valence-electron chi connectivity index (χ1n) is 20.5. The highest BCUT2D eigenvalue weighted by Crippen LogP contribution is 2.60. The van der Waals surface area contributed by atoms with E-state index in [1.807, 2.05) is 70.2 Å². The van der Waals surface area contributed by atoms with Crippen LogP contribution in [0.4, 0.5) is 0 Å². The summed E-state index contributed by atoms with van der Waals surface area (Å²) in [6.07, 6.45) is 2.69. The van der Waals surface area contributed by atoms with Crippen molar-refractivity contribution >= 4 is 40.6 Å². The number of benzene rings is 3. The molecule has 1 unspecified atom stereocenters. The number of ketones is 1. The number of fused-ring (bicyclic) bond motifs is 2. The summed E-state index contributed by atoms with van der Waals surface area (Å²) in [5.41, 5.74) is -1.84. The van der Waals surface area contributed by atoms with Crippen LogP contribution >= 0.6 is 0 Å². The summed E-state index contributed by atoms with van der Waals surface area (Å²) < 4.78 is 57.2. The van der Waals surface area contributed by atoms with Gasteiger partial charge in [0.1, 0.15) is 25.3 Å². The Morgan fingerprint density at radius 2 is 1.53 bits per heavy atom. The second-order valence-electron chi connectivity index (χ2n) is 18.0. The third-order valence-corrected chi connectivity index (χ3v) is 19.8. The first kappa shape index (κ1) is 45.6. The van der Waals surface area contributed by atoms with Gasteiger partial charge in [0, 0.05) is 17.9 Å². The van der Waals surface area contributed by atoms with Crippen molar-refractivity contribution in [2.24, 2.45) is 28.1 Å². The maximum absolute atomic E-state index is 15.5. The molecule has 58 heavy (non-hydrogen) atoms. The summed E-state index contributed by atoms with van der Waals surface area (Å²) >= 11 is 0. The molecule has 7 atom stereocenters. The van der Waals surface area contributed by atoms with Crippen LogP contribution in [0.1, 0.15) is 86.1 Å². The van der Waals surface area contributed by atoms with E-state index < -0.39 is 52.9 Å². The standard InChI is InChI=1S/C47H64O9SSi/c1-11-45(8)31-40(56-41(48)32-55-58(44(5,6)7,38-19-14-12-15-20-38)39-21-16-13-17-22-39)46(9)35(3)27-29-47(43(46)49,36(4)42(45)53-33-52-10)28-18-30-54-57(50,51)37-25-23-34(2)24-26-37/h11-17,19-26,35-36,40,42H,1,18,27-33H2,2-10H3/t35?,36-,40+,42-,45+,46-,47+/m0/s1. The van der Waals surface area contributed by atoms with Crippen LogP contribution < -0.4 is 10.4 Å². The molecular weight excluding hydrogens is 769 g/mol. The predicted octanol–water partition coefficient (Wildman–Crippen LogP) is 8.18. The molecule has 0 spiro atoms. The van der Waals surface area contributed by atoms with E-state index in [1.165, 1.54) is 12.1 Å². The first-order valence-corrected chi connectivity index (χ1v) is 23.8. The minimum Gasteiger partial charge on any atom is -0.460 e. The second kappa shape index (κ2) is 18.0. The lowest BCUT2D eigenvalue weighted by atomic mass is 9.46. The Balaban J connectivity index is 1.49. The van der Waals surface area contributed by atoms with E-state index in [0.717, 1.165) is 15.9 Å². The zero-order chi connectivity index (χ0) is 42.6.